The number of halogens is 1. The number of hydrogen-bond donors (Lipinski definition) is 1. The average molecular weight is 376 g/mol. The Balaban J connectivity index is 2.12. The highest BCUT2D eigenvalue weighted by Gasteiger charge is 2.00. The molecule has 23 heavy (non-hydrogen) atoms. The van der Waals surface area contributed by atoms with Crippen LogP contribution in [0.25, 0.3) is 12.2 Å². The molecule has 0 radical (unpaired) electrons. The fraction of sp³-hybridized carbons (Fsp3) is 0.167. The van der Waals surface area contributed by atoms with Crippen molar-refractivity contribution >= 4 is 39.7 Å². The summed E-state index contributed by atoms with van der Waals surface area (Å²) < 4.78 is 10.5. The number of carbonyl (C=O) groups excluding carboxylic acids is 1. The molecule has 0 unspecified atom stereocenters. The number of methoxy groups -OCH3 is 2. The van der Waals surface area contributed by atoms with E-state index in [9.17, 15) is 4.79 Å². The molecule has 2 aromatic rings. The van der Waals surface area contributed by atoms with Gasteiger partial charge in [0, 0.05) is 11.8 Å². The smallest absolute Gasteiger partial charge is 0.235 e. The van der Waals surface area contributed by atoms with Crippen LogP contribution in [0, 0.1) is 0 Å². The number of ether oxygens (including phenoxy) is 2. The van der Waals surface area contributed by atoms with Gasteiger partial charge in [0.05, 0.1) is 19.5 Å². The van der Waals surface area contributed by atoms with Gasteiger partial charge in [0.1, 0.15) is 11.5 Å². The number of carbonyl (C=O) groups is 1. The first-order chi connectivity index (χ1) is 11.1. The first-order valence-corrected chi connectivity index (χ1v) is 8.14. The Morgan fingerprint density at radius 3 is 2.09 bits per heavy atom. The highest BCUT2D eigenvalue weighted by atomic mass is 79.9. The van der Waals surface area contributed by atoms with Gasteiger partial charge in [-0.1, -0.05) is 40.2 Å². The minimum Gasteiger partial charge on any atom is -0.497 e. The van der Waals surface area contributed by atoms with Crippen LogP contribution in [0.1, 0.15) is 11.1 Å². The van der Waals surface area contributed by atoms with Crippen LogP contribution in [0.15, 0.2) is 42.5 Å². The predicted octanol–water partition coefficient (Wildman–Crippen LogP) is 4.21. The maximum Gasteiger partial charge on any atom is 0.235 e. The first-order valence-electron chi connectivity index (χ1n) is 7.01. The van der Waals surface area contributed by atoms with Crippen LogP contribution in [-0.2, 0) is 4.79 Å². The van der Waals surface area contributed by atoms with Crippen molar-refractivity contribution in [2.24, 2.45) is 0 Å². The summed E-state index contributed by atoms with van der Waals surface area (Å²) in [5.41, 5.74) is 2.79. The van der Waals surface area contributed by atoms with E-state index < -0.39 is 0 Å². The lowest BCUT2D eigenvalue weighted by Crippen LogP contribution is -2.11. The minimum absolute atomic E-state index is 0.0724. The summed E-state index contributed by atoms with van der Waals surface area (Å²) in [7, 11) is 3.25. The monoisotopic (exact) mass is 375 g/mol. The summed E-state index contributed by atoms with van der Waals surface area (Å²) in [4.78, 5) is 11.3. The zero-order chi connectivity index (χ0) is 16.7. The molecule has 0 aliphatic rings. The quantitative estimate of drug-likeness (QED) is 0.607. The molecule has 0 heterocycles. The normalized spacial score (nSPS) is 10.6. The van der Waals surface area contributed by atoms with E-state index in [-0.39, 0.29) is 11.2 Å². The molecule has 0 atom stereocenters. The molecule has 1 N–H and O–H groups in total. The zero-order valence-electron chi connectivity index (χ0n) is 13.0. The molecule has 0 fully saturated rings. The van der Waals surface area contributed by atoms with E-state index in [1.807, 2.05) is 54.6 Å². The Bertz CT molecular complexity index is 674. The average Bonchev–Trinajstić information content (AvgIpc) is 2.60. The summed E-state index contributed by atoms with van der Waals surface area (Å²) in [6, 6.07) is 13.3. The van der Waals surface area contributed by atoms with Crippen LogP contribution in [0.4, 0.5) is 5.69 Å². The standard InChI is InChI=1S/C18H18BrNO3/c1-22-16-9-14(10-17(11-16)23-2)4-3-13-5-7-15(8-6-13)20-18(21)12-19/h3-11H,12H2,1-2H3,(H,20,21)/b4-3+. The Hall–Kier alpha value is -2.27. The van der Waals surface area contributed by atoms with E-state index in [1.165, 1.54) is 0 Å². The van der Waals surface area contributed by atoms with Crippen molar-refractivity contribution in [3.63, 3.8) is 0 Å². The molecule has 0 aliphatic heterocycles. The highest BCUT2D eigenvalue weighted by Crippen LogP contribution is 2.24. The number of alkyl halides is 1. The number of nitrogens with one attached hydrogen (secondary N) is 1. The van der Waals surface area contributed by atoms with E-state index in [4.69, 9.17) is 9.47 Å². The molecule has 5 heteroatoms. The molecule has 120 valence electrons. The van der Waals surface area contributed by atoms with Crippen molar-refractivity contribution in [1.29, 1.82) is 0 Å². The summed E-state index contributed by atoms with van der Waals surface area (Å²) in [5.74, 6) is 1.42. The zero-order valence-corrected chi connectivity index (χ0v) is 14.6. The summed E-state index contributed by atoms with van der Waals surface area (Å²) >= 11 is 3.12. The largest absolute Gasteiger partial charge is 0.497 e. The van der Waals surface area contributed by atoms with Gasteiger partial charge < -0.3 is 14.8 Å². The molecular formula is C18H18BrNO3. The predicted molar refractivity (Wildman–Crippen MR) is 97.3 cm³/mol. The fourth-order valence-electron chi connectivity index (χ4n) is 1.99. The van der Waals surface area contributed by atoms with E-state index in [1.54, 1.807) is 14.2 Å². The first kappa shape index (κ1) is 17.1. The van der Waals surface area contributed by atoms with Crippen LogP contribution in [-0.4, -0.2) is 25.5 Å². The van der Waals surface area contributed by atoms with Gasteiger partial charge >= 0.3 is 0 Å². The number of anilines is 1. The van der Waals surface area contributed by atoms with E-state index >= 15 is 0 Å². The number of rotatable bonds is 6. The molecule has 2 rings (SSSR count). The lowest BCUT2D eigenvalue weighted by molar-refractivity contribution is -0.113. The molecule has 4 nitrogen and oxygen atoms in total. The van der Waals surface area contributed by atoms with E-state index in [2.05, 4.69) is 21.2 Å². The lowest BCUT2D eigenvalue weighted by atomic mass is 10.1. The topological polar surface area (TPSA) is 47.6 Å². The second-order valence-electron chi connectivity index (χ2n) is 4.78. The van der Waals surface area contributed by atoms with Gasteiger partial charge in [-0.2, -0.15) is 0 Å². The van der Waals surface area contributed by atoms with Crippen LogP contribution in [0.3, 0.4) is 0 Å². The number of hydrogen-bond acceptors (Lipinski definition) is 3. The van der Waals surface area contributed by atoms with Gasteiger partial charge in [-0.05, 0) is 35.4 Å². The summed E-state index contributed by atoms with van der Waals surface area (Å²) in [6.45, 7) is 0. The Kier molecular flexibility index (Phi) is 6.23. The molecule has 2 aromatic carbocycles. The Morgan fingerprint density at radius 1 is 1.00 bits per heavy atom. The third kappa shape index (κ3) is 5.14. The third-order valence-electron chi connectivity index (χ3n) is 3.16. The van der Waals surface area contributed by atoms with Gasteiger partial charge in [0.15, 0.2) is 0 Å². The van der Waals surface area contributed by atoms with Crippen LogP contribution in [0.5, 0.6) is 11.5 Å². The Morgan fingerprint density at radius 2 is 1.57 bits per heavy atom. The SMILES string of the molecule is COc1cc(/C=C/c2ccc(NC(=O)CBr)cc2)cc(OC)c1. The van der Waals surface area contributed by atoms with Crippen molar-refractivity contribution in [2.75, 3.05) is 24.9 Å². The molecule has 0 saturated heterocycles. The van der Waals surface area contributed by atoms with Gasteiger partial charge in [0.25, 0.3) is 0 Å². The van der Waals surface area contributed by atoms with E-state index in [0.29, 0.717) is 0 Å². The third-order valence-corrected chi connectivity index (χ3v) is 3.67. The Labute approximate surface area is 144 Å². The summed E-state index contributed by atoms with van der Waals surface area (Å²) in [6.07, 6.45) is 3.97. The van der Waals surface area contributed by atoms with Gasteiger partial charge in [0.2, 0.25) is 5.91 Å². The van der Waals surface area contributed by atoms with E-state index in [0.717, 1.165) is 28.3 Å². The van der Waals surface area contributed by atoms with Crippen molar-refractivity contribution in [3.05, 3.63) is 53.6 Å². The molecule has 0 aromatic heterocycles. The summed E-state index contributed by atoms with van der Waals surface area (Å²) in [5, 5.41) is 3.06. The van der Waals surface area contributed by atoms with Gasteiger partial charge in [-0.15, -0.1) is 0 Å². The fourth-order valence-corrected chi connectivity index (χ4v) is 2.13. The van der Waals surface area contributed by atoms with Crippen molar-refractivity contribution in [3.8, 4) is 11.5 Å². The second kappa shape index (κ2) is 8.39. The van der Waals surface area contributed by atoms with Crippen LogP contribution >= 0.6 is 15.9 Å². The van der Waals surface area contributed by atoms with Gasteiger partial charge in [-0.3, -0.25) is 4.79 Å². The van der Waals surface area contributed by atoms with Crippen LogP contribution < -0.4 is 14.8 Å². The molecule has 0 saturated carbocycles. The minimum atomic E-state index is -0.0724. The molecular weight excluding hydrogens is 358 g/mol. The number of amides is 1. The van der Waals surface area contributed by atoms with Crippen molar-refractivity contribution in [2.45, 2.75) is 0 Å². The molecule has 0 aliphatic carbocycles. The van der Waals surface area contributed by atoms with Crippen molar-refractivity contribution < 1.29 is 14.3 Å². The second-order valence-corrected chi connectivity index (χ2v) is 5.34. The number of benzene rings is 2. The highest BCUT2D eigenvalue weighted by molar-refractivity contribution is 9.09. The van der Waals surface area contributed by atoms with Crippen molar-refractivity contribution in [1.82, 2.24) is 0 Å². The molecule has 0 bridgehead atoms. The molecule has 0 spiro atoms. The molecule has 1 amide bonds. The van der Waals surface area contributed by atoms with Gasteiger partial charge in [-0.25, -0.2) is 0 Å². The maximum atomic E-state index is 11.3. The maximum absolute atomic E-state index is 11.3. The van der Waals surface area contributed by atoms with Crippen LogP contribution in [0.2, 0.25) is 0 Å². The lowest BCUT2D eigenvalue weighted by Gasteiger charge is -2.06.